The van der Waals surface area contributed by atoms with E-state index in [-0.39, 0.29) is 0 Å². The number of aromatic hydroxyl groups is 1. The molecule has 0 unspecified atom stereocenters. The van der Waals surface area contributed by atoms with E-state index in [4.69, 9.17) is 5.73 Å². The smallest absolute Gasteiger partial charge is 0.166 e. The zero-order valence-electron chi connectivity index (χ0n) is 10.6. The lowest BCUT2D eigenvalue weighted by atomic mass is 10.2. The van der Waals surface area contributed by atoms with Crippen LogP contribution >= 0.6 is 0 Å². The van der Waals surface area contributed by atoms with Crippen molar-refractivity contribution in [2.75, 3.05) is 5.73 Å². The van der Waals surface area contributed by atoms with E-state index in [9.17, 15) is 9.50 Å². The van der Waals surface area contributed by atoms with E-state index in [1.165, 1.54) is 18.5 Å². The van der Waals surface area contributed by atoms with E-state index in [1.807, 2.05) is 0 Å². The maximum atomic E-state index is 13.4. The quantitative estimate of drug-likeness (QED) is 0.426. The Morgan fingerprint density at radius 2 is 2.05 bits per heavy atom. The summed E-state index contributed by atoms with van der Waals surface area (Å²) >= 11 is 0. The largest absolute Gasteiger partial charge is 0.505 e. The molecule has 0 amide bonds. The normalized spacial score (nSPS) is 11.5. The summed E-state index contributed by atoms with van der Waals surface area (Å²) in [5.74, 6) is -0.787. The van der Waals surface area contributed by atoms with Crippen molar-refractivity contribution in [2.45, 2.75) is 0 Å². The first-order valence-corrected chi connectivity index (χ1v) is 6.09. The molecule has 0 bridgehead atoms. The van der Waals surface area contributed by atoms with Crippen LogP contribution in [-0.4, -0.2) is 30.3 Å². The minimum atomic E-state index is -0.689. The summed E-state index contributed by atoms with van der Waals surface area (Å²) in [5.41, 5.74) is 8.09. The van der Waals surface area contributed by atoms with Crippen molar-refractivity contribution < 1.29 is 9.50 Å². The highest BCUT2D eigenvalue weighted by atomic mass is 19.1. The van der Waals surface area contributed by atoms with Crippen LogP contribution in [-0.2, 0) is 0 Å². The predicted molar refractivity (Wildman–Crippen MR) is 75.0 cm³/mol. The van der Waals surface area contributed by atoms with Gasteiger partial charge < -0.3 is 15.8 Å². The summed E-state index contributed by atoms with van der Waals surface area (Å²) < 4.78 is 13.4. The second-order valence-corrected chi connectivity index (χ2v) is 4.63. The number of fused-ring (bicyclic) bond motifs is 2. The SMILES string of the molecule is Nc1ncnc2[nH]nc(-c3cc4cc(O)c(F)cc4[nH]3)c12. The number of phenols is 1. The Hall–Kier alpha value is -3.16. The topological polar surface area (TPSA) is 116 Å². The number of benzene rings is 1. The number of anilines is 1. The average Bonchev–Trinajstić information content (AvgIpc) is 3.03. The highest BCUT2D eigenvalue weighted by Crippen LogP contribution is 2.32. The van der Waals surface area contributed by atoms with Crippen LogP contribution in [0.25, 0.3) is 33.3 Å². The lowest BCUT2D eigenvalue weighted by Crippen LogP contribution is -1.92. The van der Waals surface area contributed by atoms with Gasteiger partial charge in [0.05, 0.1) is 11.1 Å². The Morgan fingerprint density at radius 3 is 2.90 bits per heavy atom. The Kier molecular flexibility index (Phi) is 2.17. The van der Waals surface area contributed by atoms with Gasteiger partial charge in [-0.3, -0.25) is 5.10 Å². The van der Waals surface area contributed by atoms with Crippen molar-refractivity contribution >= 4 is 27.8 Å². The summed E-state index contributed by atoms with van der Waals surface area (Å²) in [6, 6.07) is 4.32. The van der Waals surface area contributed by atoms with Crippen LogP contribution in [0.1, 0.15) is 0 Å². The molecule has 7 nitrogen and oxygen atoms in total. The number of phenolic OH excluding ortho intramolecular Hbond substituents is 1. The van der Waals surface area contributed by atoms with Crippen molar-refractivity contribution in [3.63, 3.8) is 0 Å². The van der Waals surface area contributed by atoms with E-state index < -0.39 is 11.6 Å². The molecule has 4 rings (SSSR count). The third-order valence-electron chi connectivity index (χ3n) is 3.33. The number of nitrogen functional groups attached to an aromatic ring is 1. The first-order chi connectivity index (χ1) is 10.1. The van der Waals surface area contributed by atoms with Crippen LogP contribution in [0, 0.1) is 5.82 Å². The number of aromatic amines is 2. The number of nitrogens with zero attached hydrogens (tertiary/aromatic N) is 3. The second kappa shape index (κ2) is 3.92. The highest BCUT2D eigenvalue weighted by molar-refractivity contribution is 5.99. The lowest BCUT2D eigenvalue weighted by Gasteiger charge is -1.96. The van der Waals surface area contributed by atoms with Crippen LogP contribution in [0.4, 0.5) is 10.2 Å². The van der Waals surface area contributed by atoms with Gasteiger partial charge in [-0.1, -0.05) is 0 Å². The van der Waals surface area contributed by atoms with E-state index in [2.05, 4.69) is 25.1 Å². The summed E-state index contributed by atoms with van der Waals surface area (Å²) in [6.45, 7) is 0. The molecule has 0 aliphatic rings. The van der Waals surface area contributed by atoms with Gasteiger partial charge in [0, 0.05) is 17.0 Å². The number of nitrogens with one attached hydrogen (secondary N) is 2. The Balaban J connectivity index is 2.00. The zero-order chi connectivity index (χ0) is 14.6. The number of H-pyrrole nitrogens is 2. The summed E-state index contributed by atoms with van der Waals surface area (Å²) in [6.07, 6.45) is 1.35. The standard InChI is InChI=1S/C13H9FN6O/c14-6-3-7-5(2-9(6)21)1-8(18-7)11-10-12(15)16-4-17-13(10)20-19-11/h1-4,18,21H,(H3,15,16,17,19,20). The molecule has 0 spiro atoms. The van der Waals surface area contributed by atoms with Crippen LogP contribution < -0.4 is 5.73 Å². The fraction of sp³-hybridized carbons (Fsp3) is 0. The molecule has 0 aliphatic heterocycles. The van der Waals surface area contributed by atoms with Crippen LogP contribution in [0.3, 0.4) is 0 Å². The van der Waals surface area contributed by atoms with Gasteiger partial charge in [0.2, 0.25) is 0 Å². The zero-order valence-corrected chi connectivity index (χ0v) is 10.6. The number of hydrogen-bond donors (Lipinski definition) is 4. The summed E-state index contributed by atoms with van der Waals surface area (Å²) in [5, 5.41) is 17.6. The van der Waals surface area contributed by atoms with Gasteiger partial charge >= 0.3 is 0 Å². The number of rotatable bonds is 1. The Labute approximate surface area is 116 Å². The Bertz CT molecular complexity index is 950. The first kappa shape index (κ1) is 11.6. The van der Waals surface area contributed by atoms with E-state index in [1.54, 1.807) is 6.07 Å². The van der Waals surface area contributed by atoms with E-state index >= 15 is 0 Å². The molecular weight excluding hydrogens is 275 g/mol. The molecule has 0 radical (unpaired) electrons. The molecule has 8 heteroatoms. The van der Waals surface area contributed by atoms with E-state index in [0.717, 1.165) is 0 Å². The fourth-order valence-corrected chi connectivity index (χ4v) is 2.35. The predicted octanol–water partition coefficient (Wildman–Crippen LogP) is 1.93. The molecule has 0 atom stereocenters. The summed E-state index contributed by atoms with van der Waals surface area (Å²) in [7, 11) is 0. The average molecular weight is 284 g/mol. The molecule has 0 saturated heterocycles. The van der Waals surface area contributed by atoms with Crippen molar-refractivity contribution in [1.29, 1.82) is 0 Å². The van der Waals surface area contributed by atoms with Gasteiger partial charge in [0.1, 0.15) is 17.8 Å². The van der Waals surface area contributed by atoms with Gasteiger partial charge in [-0.05, 0) is 12.1 Å². The van der Waals surface area contributed by atoms with Crippen LogP contribution in [0.15, 0.2) is 24.5 Å². The molecule has 1 aromatic carbocycles. The molecule has 0 fully saturated rings. The lowest BCUT2D eigenvalue weighted by molar-refractivity contribution is 0.433. The van der Waals surface area contributed by atoms with Crippen molar-refractivity contribution in [3.05, 3.63) is 30.3 Å². The molecule has 3 aromatic heterocycles. The molecule has 104 valence electrons. The molecule has 21 heavy (non-hydrogen) atoms. The van der Waals surface area contributed by atoms with Crippen LogP contribution in [0.2, 0.25) is 0 Å². The van der Waals surface area contributed by atoms with Crippen molar-refractivity contribution in [2.24, 2.45) is 0 Å². The first-order valence-electron chi connectivity index (χ1n) is 6.09. The number of nitrogens with two attached hydrogens (primary N) is 1. The summed E-state index contributed by atoms with van der Waals surface area (Å²) in [4.78, 5) is 11.0. The van der Waals surface area contributed by atoms with Gasteiger partial charge in [0.15, 0.2) is 17.2 Å². The minimum absolute atomic E-state index is 0.302. The Morgan fingerprint density at radius 1 is 1.19 bits per heavy atom. The molecule has 0 aliphatic carbocycles. The molecule has 5 N–H and O–H groups in total. The number of halogens is 1. The molecule has 3 heterocycles. The maximum absolute atomic E-state index is 13.4. The number of aromatic nitrogens is 5. The third-order valence-corrected chi connectivity index (χ3v) is 3.33. The minimum Gasteiger partial charge on any atom is -0.505 e. The third kappa shape index (κ3) is 1.62. The van der Waals surface area contributed by atoms with Gasteiger partial charge in [-0.2, -0.15) is 5.10 Å². The highest BCUT2D eigenvalue weighted by Gasteiger charge is 2.15. The van der Waals surface area contributed by atoms with Gasteiger partial charge in [0.25, 0.3) is 0 Å². The number of hydrogen-bond acceptors (Lipinski definition) is 5. The second-order valence-electron chi connectivity index (χ2n) is 4.63. The van der Waals surface area contributed by atoms with Crippen LogP contribution in [0.5, 0.6) is 5.75 Å². The van der Waals surface area contributed by atoms with Gasteiger partial charge in [-0.25, -0.2) is 14.4 Å². The van der Waals surface area contributed by atoms with Crippen molar-refractivity contribution in [1.82, 2.24) is 25.1 Å². The molecule has 4 aromatic rings. The fourth-order valence-electron chi connectivity index (χ4n) is 2.35. The van der Waals surface area contributed by atoms with Crippen molar-refractivity contribution in [3.8, 4) is 17.1 Å². The monoisotopic (exact) mass is 284 g/mol. The van der Waals surface area contributed by atoms with E-state index in [0.29, 0.717) is 39.1 Å². The maximum Gasteiger partial charge on any atom is 0.166 e. The van der Waals surface area contributed by atoms with Gasteiger partial charge in [-0.15, -0.1) is 0 Å². The molecular formula is C13H9FN6O. The molecule has 0 saturated carbocycles.